The molecule has 2 rings (SSSR count). The predicted octanol–water partition coefficient (Wildman–Crippen LogP) is 4.46. The van der Waals surface area contributed by atoms with Crippen LogP contribution >= 0.6 is 31.9 Å². The van der Waals surface area contributed by atoms with E-state index in [4.69, 9.17) is 0 Å². The summed E-state index contributed by atoms with van der Waals surface area (Å²) in [4.78, 5) is 11.0. The lowest BCUT2D eigenvalue weighted by Crippen LogP contribution is -2.19. The molecule has 0 radical (unpaired) electrons. The maximum atomic E-state index is 4.57. The molecule has 0 fully saturated rings. The molecule has 2 aromatic rings. The van der Waals surface area contributed by atoms with Gasteiger partial charge in [-0.3, -0.25) is 0 Å². The van der Waals surface area contributed by atoms with Crippen molar-refractivity contribution in [3.63, 3.8) is 0 Å². The van der Waals surface area contributed by atoms with Crippen molar-refractivity contribution in [2.75, 3.05) is 23.8 Å². The fourth-order valence-corrected chi connectivity index (χ4v) is 2.87. The van der Waals surface area contributed by atoms with Crippen LogP contribution in [0.25, 0.3) is 0 Å². The smallest absolute Gasteiger partial charge is 0.224 e. The monoisotopic (exact) mass is 412 g/mol. The SMILES string of the molecule is CCCNc1ncc(Br)c(N(C)Cc2cccc(Br)c2)n1. The average molecular weight is 414 g/mol. The minimum absolute atomic E-state index is 0.663. The maximum Gasteiger partial charge on any atom is 0.224 e. The van der Waals surface area contributed by atoms with Crippen LogP contribution in [0.5, 0.6) is 0 Å². The first-order valence-corrected chi connectivity index (χ1v) is 8.40. The minimum Gasteiger partial charge on any atom is -0.354 e. The molecule has 6 heteroatoms. The average Bonchev–Trinajstić information content (AvgIpc) is 2.46. The number of rotatable bonds is 6. The van der Waals surface area contributed by atoms with Crippen molar-refractivity contribution >= 4 is 43.6 Å². The Labute approximate surface area is 142 Å². The molecular weight excluding hydrogens is 396 g/mol. The van der Waals surface area contributed by atoms with Crippen LogP contribution in [0.4, 0.5) is 11.8 Å². The zero-order valence-electron chi connectivity index (χ0n) is 12.1. The standard InChI is InChI=1S/C15H18Br2N4/c1-3-7-18-15-19-9-13(17)14(20-15)21(2)10-11-5-4-6-12(16)8-11/h4-6,8-9H,3,7,10H2,1-2H3,(H,18,19,20). The second-order valence-corrected chi connectivity index (χ2v) is 6.55. The second-order valence-electron chi connectivity index (χ2n) is 4.78. The second kappa shape index (κ2) is 7.75. The highest BCUT2D eigenvalue weighted by atomic mass is 79.9. The molecule has 1 aromatic carbocycles. The van der Waals surface area contributed by atoms with Gasteiger partial charge in [-0.25, -0.2) is 4.98 Å². The van der Waals surface area contributed by atoms with Gasteiger partial charge < -0.3 is 10.2 Å². The summed E-state index contributed by atoms with van der Waals surface area (Å²) in [6.07, 6.45) is 2.83. The largest absolute Gasteiger partial charge is 0.354 e. The van der Waals surface area contributed by atoms with Gasteiger partial charge in [-0.1, -0.05) is 35.0 Å². The van der Waals surface area contributed by atoms with Gasteiger partial charge in [0, 0.05) is 30.8 Å². The Morgan fingerprint density at radius 2 is 2.10 bits per heavy atom. The Morgan fingerprint density at radius 3 is 2.81 bits per heavy atom. The minimum atomic E-state index is 0.663. The molecule has 4 nitrogen and oxygen atoms in total. The molecule has 0 unspecified atom stereocenters. The normalized spacial score (nSPS) is 10.5. The van der Waals surface area contributed by atoms with Gasteiger partial charge in [0.2, 0.25) is 5.95 Å². The number of benzene rings is 1. The van der Waals surface area contributed by atoms with Crippen LogP contribution < -0.4 is 10.2 Å². The molecule has 0 aliphatic carbocycles. The first-order chi connectivity index (χ1) is 10.1. The van der Waals surface area contributed by atoms with Crippen molar-refractivity contribution in [1.82, 2.24) is 9.97 Å². The highest BCUT2D eigenvalue weighted by Crippen LogP contribution is 2.25. The first kappa shape index (κ1) is 16.2. The quantitative estimate of drug-likeness (QED) is 0.758. The highest BCUT2D eigenvalue weighted by molar-refractivity contribution is 9.10. The Morgan fingerprint density at radius 1 is 1.29 bits per heavy atom. The molecule has 0 atom stereocenters. The van der Waals surface area contributed by atoms with E-state index in [-0.39, 0.29) is 0 Å². The summed E-state index contributed by atoms with van der Waals surface area (Å²) in [6.45, 7) is 3.77. The third-order valence-electron chi connectivity index (χ3n) is 2.93. The van der Waals surface area contributed by atoms with E-state index in [1.807, 2.05) is 19.2 Å². The van der Waals surface area contributed by atoms with Crippen LogP contribution in [0.3, 0.4) is 0 Å². The fourth-order valence-electron chi connectivity index (χ4n) is 1.93. The predicted molar refractivity (Wildman–Crippen MR) is 94.8 cm³/mol. The van der Waals surface area contributed by atoms with Crippen molar-refractivity contribution in [3.8, 4) is 0 Å². The zero-order valence-corrected chi connectivity index (χ0v) is 15.3. The Hall–Kier alpha value is -1.14. The van der Waals surface area contributed by atoms with Crippen LogP contribution in [0.15, 0.2) is 39.4 Å². The number of hydrogen-bond donors (Lipinski definition) is 1. The summed E-state index contributed by atoms with van der Waals surface area (Å²) < 4.78 is 1.97. The van der Waals surface area contributed by atoms with Gasteiger partial charge in [-0.05, 0) is 40.0 Å². The van der Waals surface area contributed by atoms with E-state index in [1.165, 1.54) is 5.56 Å². The van der Waals surface area contributed by atoms with Crippen molar-refractivity contribution in [1.29, 1.82) is 0 Å². The van der Waals surface area contributed by atoms with Gasteiger partial charge in [0.15, 0.2) is 0 Å². The van der Waals surface area contributed by atoms with E-state index < -0.39 is 0 Å². The number of nitrogens with zero attached hydrogens (tertiary/aromatic N) is 3. The van der Waals surface area contributed by atoms with Gasteiger partial charge in [0.25, 0.3) is 0 Å². The van der Waals surface area contributed by atoms with Crippen molar-refractivity contribution < 1.29 is 0 Å². The summed E-state index contributed by atoms with van der Waals surface area (Å²) in [5.41, 5.74) is 1.22. The molecule has 0 spiro atoms. The van der Waals surface area contributed by atoms with E-state index in [0.717, 1.165) is 34.3 Å². The molecule has 1 aromatic heterocycles. The molecular formula is C15H18Br2N4. The number of anilines is 2. The van der Waals surface area contributed by atoms with Gasteiger partial charge in [-0.2, -0.15) is 4.98 Å². The topological polar surface area (TPSA) is 41.1 Å². The lowest BCUT2D eigenvalue weighted by Gasteiger charge is -2.20. The summed E-state index contributed by atoms with van der Waals surface area (Å²) in [7, 11) is 2.03. The molecule has 0 bridgehead atoms. The number of hydrogen-bond acceptors (Lipinski definition) is 4. The van der Waals surface area contributed by atoms with Crippen LogP contribution in [-0.2, 0) is 6.54 Å². The number of aromatic nitrogens is 2. The van der Waals surface area contributed by atoms with E-state index in [1.54, 1.807) is 6.20 Å². The van der Waals surface area contributed by atoms with E-state index >= 15 is 0 Å². The van der Waals surface area contributed by atoms with Gasteiger partial charge in [0.05, 0.1) is 4.47 Å². The third kappa shape index (κ3) is 4.68. The van der Waals surface area contributed by atoms with Crippen molar-refractivity contribution in [2.24, 2.45) is 0 Å². The Bertz CT molecular complexity index is 604. The highest BCUT2D eigenvalue weighted by Gasteiger charge is 2.10. The summed E-state index contributed by atoms with van der Waals surface area (Å²) in [6, 6.07) is 8.28. The molecule has 0 saturated carbocycles. The molecule has 112 valence electrons. The van der Waals surface area contributed by atoms with E-state index in [2.05, 4.69) is 71.1 Å². The molecule has 0 saturated heterocycles. The summed E-state index contributed by atoms with van der Waals surface area (Å²) >= 11 is 7.02. The summed E-state index contributed by atoms with van der Waals surface area (Å²) in [5, 5.41) is 3.21. The van der Waals surface area contributed by atoms with Crippen LogP contribution in [-0.4, -0.2) is 23.6 Å². The Balaban J connectivity index is 2.15. The number of halogens is 2. The fraction of sp³-hybridized carbons (Fsp3) is 0.333. The lowest BCUT2D eigenvalue weighted by molar-refractivity contribution is 0.879. The lowest BCUT2D eigenvalue weighted by atomic mass is 10.2. The van der Waals surface area contributed by atoms with Crippen LogP contribution in [0, 0.1) is 0 Å². The Kier molecular flexibility index (Phi) is 5.99. The van der Waals surface area contributed by atoms with Gasteiger partial charge >= 0.3 is 0 Å². The molecule has 0 amide bonds. The molecule has 1 heterocycles. The van der Waals surface area contributed by atoms with E-state index in [0.29, 0.717) is 5.95 Å². The van der Waals surface area contributed by atoms with Crippen molar-refractivity contribution in [2.45, 2.75) is 19.9 Å². The van der Waals surface area contributed by atoms with Gasteiger partial charge in [0.1, 0.15) is 5.82 Å². The third-order valence-corrected chi connectivity index (χ3v) is 3.98. The van der Waals surface area contributed by atoms with Crippen LogP contribution in [0.1, 0.15) is 18.9 Å². The summed E-state index contributed by atoms with van der Waals surface area (Å²) in [5.74, 6) is 1.54. The molecule has 0 aliphatic heterocycles. The maximum absolute atomic E-state index is 4.57. The molecule has 0 aliphatic rings. The molecule has 21 heavy (non-hydrogen) atoms. The van der Waals surface area contributed by atoms with Crippen LogP contribution in [0.2, 0.25) is 0 Å². The zero-order chi connectivity index (χ0) is 15.2. The van der Waals surface area contributed by atoms with E-state index in [9.17, 15) is 0 Å². The van der Waals surface area contributed by atoms with Crippen molar-refractivity contribution in [3.05, 3.63) is 45.0 Å². The van der Waals surface area contributed by atoms with Gasteiger partial charge in [-0.15, -0.1) is 0 Å². The first-order valence-electron chi connectivity index (χ1n) is 6.82. The molecule has 1 N–H and O–H groups in total. The number of nitrogens with one attached hydrogen (secondary N) is 1.